The van der Waals surface area contributed by atoms with Gasteiger partial charge in [0.15, 0.2) is 0 Å². The fourth-order valence-corrected chi connectivity index (χ4v) is 2.02. The van der Waals surface area contributed by atoms with Crippen LogP contribution in [0.2, 0.25) is 0 Å². The average Bonchev–Trinajstić information content (AvgIpc) is 2.29. The number of rotatable bonds is 3. The van der Waals surface area contributed by atoms with Gasteiger partial charge in [0.05, 0.1) is 6.54 Å². The van der Waals surface area contributed by atoms with Crippen LogP contribution >= 0.6 is 0 Å². The first kappa shape index (κ1) is 10.5. The van der Waals surface area contributed by atoms with Crippen LogP contribution in [0.3, 0.4) is 0 Å². The fraction of sp³-hybridized carbons (Fsp3) is 0.636. The van der Waals surface area contributed by atoms with Gasteiger partial charge in [0.25, 0.3) is 0 Å². The maximum Gasteiger partial charge on any atom is 0.142 e. The van der Waals surface area contributed by atoms with Gasteiger partial charge in [0, 0.05) is 37.0 Å². The van der Waals surface area contributed by atoms with Gasteiger partial charge in [0.2, 0.25) is 0 Å². The summed E-state index contributed by atoms with van der Waals surface area (Å²) in [5.74, 6) is 0.762. The highest BCUT2D eigenvalue weighted by Gasteiger charge is 2.17. The summed E-state index contributed by atoms with van der Waals surface area (Å²) in [6.07, 6.45) is 4.17. The molecule has 0 unspecified atom stereocenters. The van der Waals surface area contributed by atoms with Crippen molar-refractivity contribution in [3.63, 3.8) is 0 Å². The highest BCUT2D eigenvalue weighted by atomic mass is 15.1. The summed E-state index contributed by atoms with van der Waals surface area (Å²) < 4.78 is 0. The van der Waals surface area contributed by atoms with Crippen LogP contribution in [0.25, 0.3) is 0 Å². The molecule has 1 aliphatic rings. The molecular weight excluding hydrogens is 188 g/mol. The van der Waals surface area contributed by atoms with Crippen molar-refractivity contribution >= 4 is 0 Å². The Morgan fingerprint density at radius 1 is 1.53 bits per heavy atom. The van der Waals surface area contributed by atoms with Gasteiger partial charge in [-0.05, 0) is 13.0 Å². The molecule has 4 nitrogen and oxygen atoms in total. The zero-order chi connectivity index (χ0) is 10.7. The molecule has 82 valence electrons. The summed E-state index contributed by atoms with van der Waals surface area (Å²) >= 11 is 0. The topological polar surface area (TPSA) is 55.0 Å². The second-order valence-electron chi connectivity index (χ2n) is 3.99. The third-order valence-corrected chi connectivity index (χ3v) is 2.79. The number of nitrogens with two attached hydrogens (primary N) is 1. The molecule has 0 atom stereocenters. The highest BCUT2D eigenvalue weighted by molar-refractivity contribution is 5.20. The van der Waals surface area contributed by atoms with Crippen LogP contribution in [0, 0.1) is 0 Å². The van der Waals surface area contributed by atoms with Crippen LogP contribution < -0.4 is 5.73 Å². The van der Waals surface area contributed by atoms with Crippen molar-refractivity contribution in [3.05, 3.63) is 23.3 Å². The van der Waals surface area contributed by atoms with Gasteiger partial charge >= 0.3 is 0 Å². The molecule has 4 heteroatoms. The summed E-state index contributed by atoms with van der Waals surface area (Å²) in [7, 11) is 0. The van der Waals surface area contributed by atoms with Crippen LogP contribution in [-0.2, 0) is 19.5 Å². The summed E-state index contributed by atoms with van der Waals surface area (Å²) in [6, 6.07) is 0. The standard InChI is InChI=1S/C11H18N4/c1-2-4-15-5-3-10-9(8-15)7-13-11(6-12)14-10/h7H,2-6,8,12H2,1H3. The van der Waals surface area contributed by atoms with Crippen molar-refractivity contribution in [2.24, 2.45) is 5.73 Å². The van der Waals surface area contributed by atoms with E-state index in [1.54, 1.807) is 0 Å². The molecule has 1 aromatic heterocycles. The first-order chi connectivity index (χ1) is 7.33. The van der Waals surface area contributed by atoms with E-state index in [4.69, 9.17) is 5.73 Å². The number of fused-ring (bicyclic) bond motifs is 1. The van der Waals surface area contributed by atoms with E-state index in [2.05, 4.69) is 21.8 Å². The van der Waals surface area contributed by atoms with Gasteiger partial charge in [-0.3, -0.25) is 4.90 Å². The second kappa shape index (κ2) is 4.68. The van der Waals surface area contributed by atoms with E-state index in [1.807, 2.05) is 6.20 Å². The van der Waals surface area contributed by atoms with E-state index in [-0.39, 0.29) is 0 Å². The van der Waals surface area contributed by atoms with Gasteiger partial charge in [-0.15, -0.1) is 0 Å². The maximum atomic E-state index is 5.52. The van der Waals surface area contributed by atoms with E-state index in [0.717, 1.165) is 31.9 Å². The van der Waals surface area contributed by atoms with Gasteiger partial charge in [-0.25, -0.2) is 9.97 Å². The Balaban J connectivity index is 2.13. The number of nitrogens with zero attached hydrogens (tertiary/aromatic N) is 3. The molecular formula is C11H18N4. The number of hydrogen-bond donors (Lipinski definition) is 1. The Bertz CT molecular complexity index is 337. The molecule has 15 heavy (non-hydrogen) atoms. The minimum Gasteiger partial charge on any atom is -0.324 e. The predicted octanol–water partition coefficient (Wildman–Crippen LogP) is 0.703. The largest absolute Gasteiger partial charge is 0.324 e. The molecule has 0 amide bonds. The fourth-order valence-electron chi connectivity index (χ4n) is 2.02. The van der Waals surface area contributed by atoms with E-state index >= 15 is 0 Å². The lowest BCUT2D eigenvalue weighted by Gasteiger charge is -2.27. The molecule has 0 bridgehead atoms. The van der Waals surface area contributed by atoms with Gasteiger partial charge in [-0.2, -0.15) is 0 Å². The Morgan fingerprint density at radius 3 is 3.13 bits per heavy atom. The molecule has 0 spiro atoms. The molecule has 1 aromatic rings. The smallest absolute Gasteiger partial charge is 0.142 e. The van der Waals surface area contributed by atoms with Crippen LogP contribution in [0.5, 0.6) is 0 Å². The lowest BCUT2D eigenvalue weighted by Crippen LogP contribution is -2.32. The van der Waals surface area contributed by atoms with E-state index in [1.165, 1.54) is 17.7 Å². The Labute approximate surface area is 90.5 Å². The normalized spacial score (nSPS) is 16.4. The van der Waals surface area contributed by atoms with Crippen LogP contribution in [0.15, 0.2) is 6.20 Å². The van der Waals surface area contributed by atoms with Gasteiger partial charge < -0.3 is 5.73 Å². The molecule has 0 saturated carbocycles. The van der Waals surface area contributed by atoms with Crippen molar-refractivity contribution in [2.45, 2.75) is 32.9 Å². The van der Waals surface area contributed by atoms with Gasteiger partial charge in [0.1, 0.15) is 5.82 Å². The molecule has 0 aliphatic carbocycles. The van der Waals surface area contributed by atoms with Crippen LogP contribution in [0.1, 0.15) is 30.4 Å². The lowest BCUT2D eigenvalue weighted by molar-refractivity contribution is 0.251. The average molecular weight is 206 g/mol. The minimum atomic E-state index is 0.436. The quantitative estimate of drug-likeness (QED) is 0.791. The van der Waals surface area contributed by atoms with Crippen molar-refractivity contribution in [2.75, 3.05) is 13.1 Å². The lowest BCUT2D eigenvalue weighted by atomic mass is 10.1. The first-order valence-electron chi connectivity index (χ1n) is 5.59. The number of aromatic nitrogens is 2. The third kappa shape index (κ3) is 2.33. The Morgan fingerprint density at radius 2 is 2.40 bits per heavy atom. The number of hydrogen-bond acceptors (Lipinski definition) is 4. The second-order valence-corrected chi connectivity index (χ2v) is 3.99. The summed E-state index contributed by atoms with van der Waals surface area (Å²) in [5, 5.41) is 0. The van der Waals surface area contributed by atoms with E-state index in [0.29, 0.717) is 6.54 Å². The van der Waals surface area contributed by atoms with Crippen LogP contribution in [-0.4, -0.2) is 28.0 Å². The predicted molar refractivity (Wildman–Crippen MR) is 59.2 cm³/mol. The molecule has 2 rings (SSSR count). The molecule has 0 saturated heterocycles. The van der Waals surface area contributed by atoms with Crippen molar-refractivity contribution in [3.8, 4) is 0 Å². The zero-order valence-corrected chi connectivity index (χ0v) is 9.24. The minimum absolute atomic E-state index is 0.436. The van der Waals surface area contributed by atoms with Crippen molar-refractivity contribution < 1.29 is 0 Å². The monoisotopic (exact) mass is 206 g/mol. The Hall–Kier alpha value is -1.00. The Kier molecular flexibility index (Phi) is 3.28. The molecule has 2 heterocycles. The maximum absolute atomic E-state index is 5.52. The summed E-state index contributed by atoms with van der Waals surface area (Å²) in [6.45, 7) is 5.92. The van der Waals surface area contributed by atoms with Gasteiger partial charge in [-0.1, -0.05) is 6.92 Å². The van der Waals surface area contributed by atoms with E-state index in [9.17, 15) is 0 Å². The molecule has 0 fully saturated rings. The third-order valence-electron chi connectivity index (χ3n) is 2.79. The van der Waals surface area contributed by atoms with E-state index < -0.39 is 0 Å². The summed E-state index contributed by atoms with van der Waals surface area (Å²) in [4.78, 5) is 11.2. The van der Waals surface area contributed by atoms with Crippen molar-refractivity contribution in [1.82, 2.24) is 14.9 Å². The van der Waals surface area contributed by atoms with Crippen molar-refractivity contribution in [1.29, 1.82) is 0 Å². The molecule has 1 aliphatic heterocycles. The zero-order valence-electron chi connectivity index (χ0n) is 9.24. The first-order valence-corrected chi connectivity index (χ1v) is 5.59. The molecule has 2 N–H and O–H groups in total. The molecule has 0 aromatic carbocycles. The summed E-state index contributed by atoms with van der Waals surface area (Å²) in [5.41, 5.74) is 7.99. The SMILES string of the molecule is CCCN1CCc2nc(CN)ncc2C1. The molecule has 0 radical (unpaired) electrons. The highest BCUT2D eigenvalue weighted by Crippen LogP contribution is 2.16. The van der Waals surface area contributed by atoms with Crippen LogP contribution in [0.4, 0.5) is 0 Å².